The Labute approximate surface area is 117 Å². The minimum Gasteiger partial charge on any atom is -0.378 e. The van der Waals surface area contributed by atoms with E-state index in [0.29, 0.717) is 11.8 Å². The van der Waals surface area contributed by atoms with E-state index in [9.17, 15) is 0 Å². The topological polar surface area (TPSA) is 18.5 Å². The van der Waals surface area contributed by atoms with Crippen LogP contribution in [0.4, 0.5) is 11.4 Å². The molecule has 1 aromatic rings. The lowest BCUT2D eigenvalue weighted by atomic mass is 10.0. The van der Waals surface area contributed by atoms with Crippen LogP contribution in [0.2, 0.25) is 0 Å². The minimum absolute atomic E-state index is 0.695. The Morgan fingerprint density at radius 3 is 2.00 bits per heavy atom. The largest absolute Gasteiger partial charge is 0.378 e. The summed E-state index contributed by atoms with van der Waals surface area (Å²) >= 11 is 0. The Kier molecular flexibility index (Phi) is 4.70. The summed E-state index contributed by atoms with van der Waals surface area (Å²) in [5, 5.41) is 3.55. The van der Waals surface area contributed by atoms with E-state index in [1.807, 2.05) is 0 Å². The molecule has 0 spiro atoms. The summed E-state index contributed by atoms with van der Waals surface area (Å²) in [7, 11) is 4.17. The van der Waals surface area contributed by atoms with Crippen molar-refractivity contribution in [1.82, 2.24) is 5.32 Å². The minimum atomic E-state index is 0.695. The normalized spacial score (nSPS) is 24.7. The van der Waals surface area contributed by atoms with Gasteiger partial charge < -0.3 is 15.1 Å². The van der Waals surface area contributed by atoms with Crippen molar-refractivity contribution in [2.75, 3.05) is 50.1 Å². The zero-order valence-electron chi connectivity index (χ0n) is 12.7. The second-order valence-electron chi connectivity index (χ2n) is 6.18. The second kappa shape index (κ2) is 6.29. The Balaban J connectivity index is 2.12. The molecule has 0 aliphatic carbocycles. The van der Waals surface area contributed by atoms with E-state index < -0.39 is 0 Å². The van der Waals surface area contributed by atoms with Crippen LogP contribution in [0.15, 0.2) is 24.3 Å². The predicted molar refractivity (Wildman–Crippen MR) is 84.2 cm³/mol. The van der Waals surface area contributed by atoms with Crippen LogP contribution in [0.5, 0.6) is 0 Å². The molecule has 2 unspecified atom stereocenters. The van der Waals surface area contributed by atoms with Gasteiger partial charge in [0.25, 0.3) is 0 Å². The van der Waals surface area contributed by atoms with Crippen LogP contribution in [0.25, 0.3) is 0 Å². The van der Waals surface area contributed by atoms with Crippen molar-refractivity contribution in [3.8, 4) is 0 Å². The molecule has 0 amide bonds. The molecule has 3 nitrogen and oxygen atoms in total. The number of rotatable bonds is 2. The monoisotopic (exact) mass is 261 g/mol. The van der Waals surface area contributed by atoms with Gasteiger partial charge in [0.1, 0.15) is 0 Å². The highest BCUT2D eigenvalue weighted by molar-refractivity contribution is 5.55. The van der Waals surface area contributed by atoms with Gasteiger partial charge in [-0.25, -0.2) is 0 Å². The van der Waals surface area contributed by atoms with Gasteiger partial charge in [-0.1, -0.05) is 13.8 Å². The molecule has 1 aromatic carbocycles. The van der Waals surface area contributed by atoms with Crippen LogP contribution in [-0.2, 0) is 0 Å². The summed E-state index contributed by atoms with van der Waals surface area (Å²) in [6, 6.07) is 8.93. The number of nitrogens with one attached hydrogen (secondary N) is 1. The van der Waals surface area contributed by atoms with Crippen molar-refractivity contribution in [2.45, 2.75) is 13.8 Å². The fourth-order valence-corrected chi connectivity index (χ4v) is 2.70. The molecule has 106 valence electrons. The van der Waals surface area contributed by atoms with Crippen LogP contribution in [0.3, 0.4) is 0 Å². The number of benzene rings is 1. The highest BCUT2D eigenvalue weighted by Gasteiger charge is 2.17. The summed E-state index contributed by atoms with van der Waals surface area (Å²) in [5.74, 6) is 1.39. The first-order chi connectivity index (χ1) is 9.06. The molecule has 1 saturated heterocycles. The molecule has 2 rings (SSSR count). The SMILES string of the molecule is CC1CNCC(C)CN(c2ccc(N(C)C)cc2)C1. The highest BCUT2D eigenvalue weighted by Crippen LogP contribution is 2.22. The first kappa shape index (κ1) is 14.2. The fourth-order valence-electron chi connectivity index (χ4n) is 2.70. The van der Waals surface area contributed by atoms with Gasteiger partial charge >= 0.3 is 0 Å². The Bertz CT molecular complexity index is 373. The lowest BCUT2D eigenvalue weighted by Crippen LogP contribution is -2.42. The molecule has 0 bridgehead atoms. The van der Waals surface area contributed by atoms with Crippen molar-refractivity contribution in [3.63, 3.8) is 0 Å². The maximum atomic E-state index is 3.55. The average molecular weight is 261 g/mol. The zero-order valence-corrected chi connectivity index (χ0v) is 12.7. The highest BCUT2D eigenvalue weighted by atomic mass is 15.1. The third-order valence-corrected chi connectivity index (χ3v) is 3.78. The Hall–Kier alpha value is -1.22. The van der Waals surface area contributed by atoms with E-state index in [4.69, 9.17) is 0 Å². The standard InChI is InChI=1S/C16H27N3/c1-13-9-17-10-14(2)12-19(11-13)16-7-5-15(6-8-16)18(3)4/h5-8,13-14,17H,9-12H2,1-4H3. The van der Waals surface area contributed by atoms with Crippen molar-refractivity contribution in [3.05, 3.63) is 24.3 Å². The van der Waals surface area contributed by atoms with Gasteiger partial charge in [0.05, 0.1) is 0 Å². The number of hydrogen-bond donors (Lipinski definition) is 1. The van der Waals surface area contributed by atoms with E-state index in [1.165, 1.54) is 11.4 Å². The van der Waals surface area contributed by atoms with E-state index in [-0.39, 0.29) is 0 Å². The zero-order chi connectivity index (χ0) is 13.8. The van der Waals surface area contributed by atoms with Crippen molar-refractivity contribution < 1.29 is 0 Å². The third kappa shape index (κ3) is 3.87. The maximum absolute atomic E-state index is 3.55. The molecule has 3 heteroatoms. The molecule has 1 aliphatic rings. The predicted octanol–water partition coefficient (Wildman–Crippen LogP) is 2.43. The van der Waals surface area contributed by atoms with Crippen LogP contribution in [-0.4, -0.2) is 40.3 Å². The van der Waals surface area contributed by atoms with Gasteiger partial charge in [0, 0.05) is 38.6 Å². The van der Waals surface area contributed by atoms with E-state index in [0.717, 1.165) is 26.2 Å². The lowest BCUT2D eigenvalue weighted by Gasteiger charge is -2.33. The van der Waals surface area contributed by atoms with Gasteiger partial charge in [0.2, 0.25) is 0 Å². The number of nitrogens with zero attached hydrogens (tertiary/aromatic N) is 2. The van der Waals surface area contributed by atoms with Crippen molar-refractivity contribution in [2.24, 2.45) is 11.8 Å². The second-order valence-corrected chi connectivity index (χ2v) is 6.18. The molecule has 0 aromatic heterocycles. The lowest BCUT2D eigenvalue weighted by molar-refractivity contribution is 0.410. The number of anilines is 2. The molecule has 0 radical (unpaired) electrons. The third-order valence-electron chi connectivity index (χ3n) is 3.78. The molecule has 1 heterocycles. The Morgan fingerprint density at radius 1 is 1.00 bits per heavy atom. The van der Waals surface area contributed by atoms with Crippen molar-refractivity contribution >= 4 is 11.4 Å². The average Bonchev–Trinajstić information content (AvgIpc) is 2.36. The van der Waals surface area contributed by atoms with Gasteiger partial charge in [-0.3, -0.25) is 0 Å². The molecular weight excluding hydrogens is 234 g/mol. The first-order valence-electron chi connectivity index (χ1n) is 7.29. The summed E-state index contributed by atoms with van der Waals surface area (Å²) in [5.41, 5.74) is 2.62. The maximum Gasteiger partial charge on any atom is 0.0367 e. The van der Waals surface area contributed by atoms with Gasteiger partial charge in [-0.15, -0.1) is 0 Å². The van der Waals surface area contributed by atoms with Crippen LogP contribution < -0.4 is 15.1 Å². The van der Waals surface area contributed by atoms with Crippen molar-refractivity contribution in [1.29, 1.82) is 0 Å². The molecule has 1 fully saturated rings. The van der Waals surface area contributed by atoms with E-state index in [1.54, 1.807) is 0 Å². The summed E-state index contributed by atoms with van der Waals surface area (Å²) in [6.45, 7) is 9.17. The summed E-state index contributed by atoms with van der Waals surface area (Å²) < 4.78 is 0. The fraction of sp³-hybridized carbons (Fsp3) is 0.625. The molecule has 1 N–H and O–H groups in total. The first-order valence-corrected chi connectivity index (χ1v) is 7.29. The van der Waals surface area contributed by atoms with Crippen LogP contribution >= 0.6 is 0 Å². The Morgan fingerprint density at radius 2 is 1.53 bits per heavy atom. The molecule has 2 atom stereocenters. The molecule has 19 heavy (non-hydrogen) atoms. The number of hydrogen-bond acceptors (Lipinski definition) is 3. The van der Waals surface area contributed by atoms with E-state index >= 15 is 0 Å². The van der Waals surface area contributed by atoms with Crippen LogP contribution in [0.1, 0.15) is 13.8 Å². The van der Waals surface area contributed by atoms with Crippen LogP contribution in [0, 0.1) is 11.8 Å². The van der Waals surface area contributed by atoms with Gasteiger partial charge in [-0.05, 0) is 49.2 Å². The molecule has 0 saturated carbocycles. The summed E-state index contributed by atoms with van der Waals surface area (Å²) in [4.78, 5) is 4.68. The van der Waals surface area contributed by atoms with E-state index in [2.05, 4.69) is 67.3 Å². The quantitative estimate of drug-likeness (QED) is 0.882. The van der Waals surface area contributed by atoms with Gasteiger partial charge in [-0.2, -0.15) is 0 Å². The smallest absolute Gasteiger partial charge is 0.0367 e. The molecule has 1 aliphatic heterocycles. The molecular formula is C16H27N3. The summed E-state index contributed by atoms with van der Waals surface area (Å²) in [6.07, 6.45) is 0. The van der Waals surface area contributed by atoms with Gasteiger partial charge in [0.15, 0.2) is 0 Å².